The van der Waals surface area contributed by atoms with Gasteiger partial charge in [-0.3, -0.25) is 5.32 Å². The first-order chi connectivity index (χ1) is 10.1. The SMILES string of the molecule is CO[C@@H](C)c1noc(CNC2(c3cccc(Cl)c3)CC2)n1. The van der Waals surface area contributed by atoms with E-state index < -0.39 is 0 Å². The molecule has 0 spiro atoms. The predicted molar refractivity (Wildman–Crippen MR) is 78.9 cm³/mol. The quantitative estimate of drug-likeness (QED) is 0.888. The first kappa shape index (κ1) is 14.5. The maximum Gasteiger partial charge on any atom is 0.240 e. The van der Waals surface area contributed by atoms with Crippen molar-refractivity contribution in [1.29, 1.82) is 0 Å². The first-order valence-electron chi connectivity index (χ1n) is 6.99. The van der Waals surface area contributed by atoms with Crippen LogP contribution in [-0.2, 0) is 16.8 Å². The smallest absolute Gasteiger partial charge is 0.240 e. The van der Waals surface area contributed by atoms with Crippen molar-refractivity contribution in [1.82, 2.24) is 15.5 Å². The molecule has 1 aliphatic carbocycles. The molecule has 1 aromatic heterocycles. The van der Waals surface area contributed by atoms with Crippen molar-refractivity contribution >= 4 is 11.6 Å². The lowest BCUT2D eigenvalue weighted by Gasteiger charge is -2.16. The van der Waals surface area contributed by atoms with Crippen molar-refractivity contribution in [3.63, 3.8) is 0 Å². The first-order valence-corrected chi connectivity index (χ1v) is 7.37. The molecule has 1 N–H and O–H groups in total. The molecule has 1 aromatic carbocycles. The molecule has 0 unspecified atom stereocenters. The Morgan fingerprint density at radius 3 is 2.95 bits per heavy atom. The molecule has 1 fully saturated rings. The van der Waals surface area contributed by atoms with Gasteiger partial charge in [0.25, 0.3) is 0 Å². The van der Waals surface area contributed by atoms with E-state index in [9.17, 15) is 0 Å². The average Bonchev–Trinajstić information content (AvgIpc) is 3.15. The third-order valence-electron chi connectivity index (χ3n) is 3.91. The zero-order chi connectivity index (χ0) is 14.9. The Bertz CT molecular complexity index is 625. The summed E-state index contributed by atoms with van der Waals surface area (Å²) in [6.45, 7) is 2.42. The van der Waals surface area contributed by atoms with E-state index in [1.807, 2.05) is 25.1 Å². The summed E-state index contributed by atoms with van der Waals surface area (Å²) in [5.41, 5.74) is 1.20. The highest BCUT2D eigenvalue weighted by Crippen LogP contribution is 2.46. The van der Waals surface area contributed by atoms with Gasteiger partial charge in [-0.15, -0.1) is 0 Å². The van der Waals surface area contributed by atoms with Gasteiger partial charge >= 0.3 is 0 Å². The van der Waals surface area contributed by atoms with Crippen LogP contribution in [0.5, 0.6) is 0 Å². The molecular weight excluding hydrogens is 290 g/mol. The molecule has 0 saturated heterocycles. The van der Waals surface area contributed by atoms with Crippen molar-refractivity contribution < 1.29 is 9.26 Å². The molecule has 5 nitrogen and oxygen atoms in total. The summed E-state index contributed by atoms with van der Waals surface area (Å²) in [5.74, 6) is 1.14. The number of methoxy groups -OCH3 is 1. The van der Waals surface area contributed by atoms with Crippen molar-refractivity contribution in [2.24, 2.45) is 0 Å². The standard InChI is InChI=1S/C15H18ClN3O2/c1-10(20-2)14-18-13(21-19-14)9-17-15(6-7-15)11-4-3-5-12(16)8-11/h3-5,8,10,17H,6-7,9H2,1-2H3/t10-/m0/s1. The van der Waals surface area contributed by atoms with Crippen molar-refractivity contribution in [3.05, 3.63) is 46.6 Å². The molecule has 1 saturated carbocycles. The van der Waals surface area contributed by atoms with Gasteiger partial charge in [-0.25, -0.2) is 0 Å². The largest absolute Gasteiger partial charge is 0.374 e. The zero-order valence-corrected chi connectivity index (χ0v) is 12.9. The van der Waals surface area contributed by atoms with Crippen LogP contribution in [-0.4, -0.2) is 17.3 Å². The normalized spacial score (nSPS) is 17.7. The van der Waals surface area contributed by atoms with Crippen LogP contribution >= 0.6 is 11.6 Å². The van der Waals surface area contributed by atoms with E-state index in [1.165, 1.54) is 5.56 Å². The minimum Gasteiger partial charge on any atom is -0.374 e. The highest BCUT2D eigenvalue weighted by molar-refractivity contribution is 6.30. The second-order valence-electron chi connectivity index (χ2n) is 5.37. The summed E-state index contributed by atoms with van der Waals surface area (Å²) in [6, 6.07) is 7.97. The van der Waals surface area contributed by atoms with Crippen LogP contribution in [0.15, 0.2) is 28.8 Å². The fourth-order valence-electron chi connectivity index (χ4n) is 2.33. The Labute approximate surface area is 128 Å². The number of benzene rings is 1. The van der Waals surface area contributed by atoms with Gasteiger partial charge in [0, 0.05) is 17.7 Å². The molecule has 3 rings (SSSR count). The molecular formula is C15H18ClN3O2. The Hall–Kier alpha value is -1.43. The number of hydrogen-bond donors (Lipinski definition) is 1. The lowest BCUT2D eigenvalue weighted by molar-refractivity contribution is 0.109. The van der Waals surface area contributed by atoms with Gasteiger partial charge in [-0.1, -0.05) is 28.9 Å². The topological polar surface area (TPSA) is 60.2 Å². The minimum absolute atomic E-state index is 0.00753. The van der Waals surface area contributed by atoms with E-state index in [0.29, 0.717) is 18.3 Å². The van der Waals surface area contributed by atoms with E-state index in [-0.39, 0.29) is 11.6 Å². The average molecular weight is 308 g/mol. The summed E-state index contributed by atoms with van der Waals surface area (Å²) in [4.78, 5) is 4.33. The summed E-state index contributed by atoms with van der Waals surface area (Å²) in [6.07, 6.45) is 2.01. The summed E-state index contributed by atoms with van der Waals surface area (Å²) in [5, 5.41) is 8.19. The minimum atomic E-state index is -0.162. The Balaban J connectivity index is 1.66. The molecule has 0 amide bonds. The second-order valence-corrected chi connectivity index (χ2v) is 5.81. The lowest BCUT2D eigenvalue weighted by Crippen LogP contribution is -2.28. The molecule has 0 aliphatic heterocycles. The highest BCUT2D eigenvalue weighted by Gasteiger charge is 2.44. The number of aromatic nitrogens is 2. The number of rotatable bonds is 6. The molecule has 0 bridgehead atoms. The lowest BCUT2D eigenvalue weighted by atomic mass is 10.1. The zero-order valence-electron chi connectivity index (χ0n) is 12.1. The summed E-state index contributed by atoms with van der Waals surface area (Å²) in [7, 11) is 1.62. The predicted octanol–water partition coefficient (Wildman–Crippen LogP) is 3.21. The number of nitrogens with zero attached hydrogens (tertiary/aromatic N) is 2. The van der Waals surface area contributed by atoms with Crippen LogP contribution in [0.25, 0.3) is 0 Å². The fourth-order valence-corrected chi connectivity index (χ4v) is 2.52. The number of ether oxygens (including phenoxy) is 1. The number of halogens is 1. The van der Waals surface area contributed by atoms with Crippen LogP contribution in [0.1, 0.15) is 43.1 Å². The molecule has 6 heteroatoms. The van der Waals surface area contributed by atoms with Crippen LogP contribution < -0.4 is 5.32 Å². The van der Waals surface area contributed by atoms with E-state index >= 15 is 0 Å². The summed E-state index contributed by atoms with van der Waals surface area (Å²) >= 11 is 6.07. The monoisotopic (exact) mass is 307 g/mol. The third-order valence-corrected chi connectivity index (χ3v) is 4.14. The van der Waals surface area contributed by atoms with E-state index in [2.05, 4.69) is 21.5 Å². The van der Waals surface area contributed by atoms with Crippen LogP contribution in [0.4, 0.5) is 0 Å². The third kappa shape index (κ3) is 3.10. The Morgan fingerprint density at radius 1 is 1.48 bits per heavy atom. The fraction of sp³-hybridized carbons (Fsp3) is 0.467. The number of hydrogen-bond acceptors (Lipinski definition) is 5. The van der Waals surface area contributed by atoms with Crippen molar-refractivity contribution in [3.8, 4) is 0 Å². The maximum atomic E-state index is 6.07. The van der Waals surface area contributed by atoms with Gasteiger partial charge in [0.1, 0.15) is 6.10 Å². The molecule has 0 radical (unpaired) electrons. The second kappa shape index (κ2) is 5.75. The maximum absolute atomic E-state index is 6.07. The van der Waals surface area contributed by atoms with Gasteiger partial charge in [0.15, 0.2) is 5.82 Å². The van der Waals surface area contributed by atoms with E-state index in [0.717, 1.165) is 17.9 Å². The van der Waals surface area contributed by atoms with Crippen LogP contribution in [0.3, 0.4) is 0 Å². The molecule has 1 atom stereocenters. The molecule has 1 aliphatic rings. The molecule has 1 heterocycles. The van der Waals surface area contributed by atoms with Crippen molar-refractivity contribution in [2.75, 3.05) is 7.11 Å². The van der Waals surface area contributed by atoms with E-state index in [1.54, 1.807) is 7.11 Å². The molecule has 112 valence electrons. The van der Waals surface area contributed by atoms with Gasteiger partial charge in [-0.2, -0.15) is 4.98 Å². The Morgan fingerprint density at radius 2 is 2.29 bits per heavy atom. The molecule has 21 heavy (non-hydrogen) atoms. The van der Waals surface area contributed by atoms with Crippen LogP contribution in [0.2, 0.25) is 5.02 Å². The highest BCUT2D eigenvalue weighted by atomic mass is 35.5. The Kier molecular flexibility index (Phi) is 3.97. The van der Waals surface area contributed by atoms with Crippen LogP contribution in [0, 0.1) is 0 Å². The van der Waals surface area contributed by atoms with Crippen molar-refractivity contribution in [2.45, 2.75) is 38.0 Å². The van der Waals surface area contributed by atoms with Gasteiger partial charge in [-0.05, 0) is 37.5 Å². The summed E-state index contributed by atoms with van der Waals surface area (Å²) < 4.78 is 10.4. The van der Waals surface area contributed by atoms with Gasteiger partial charge in [0.2, 0.25) is 5.89 Å². The molecule has 2 aromatic rings. The number of nitrogens with one attached hydrogen (secondary N) is 1. The van der Waals surface area contributed by atoms with Gasteiger partial charge < -0.3 is 9.26 Å². The van der Waals surface area contributed by atoms with E-state index in [4.69, 9.17) is 20.9 Å². The van der Waals surface area contributed by atoms with Gasteiger partial charge in [0.05, 0.1) is 6.54 Å².